The summed E-state index contributed by atoms with van der Waals surface area (Å²) in [6.45, 7) is 0. The number of carbonyl (C=O) groups is 1. The van der Waals surface area contributed by atoms with Gasteiger partial charge in [0.2, 0.25) is 5.91 Å². The van der Waals surface area contributed by atoms with E-state index < -0.39 is 0 Å². The lowest BCUT2D eigenvalue weighted by Gasteiger charge is -2.18. The van der Waals surface area contributed by atoms with Gasteiger partial charge in [0.05, 0.1) is 11.7 Å². The van der Waals surface area contributed by atoms with Crippen molar-refractivity contribution in [2.45, 2.75) is 12.5 Å². The molecule has 1 saturated heterocycles. The van der Waals surface area contributed by atoms with Crippen LogP contribution in [0.3, 0.4) is 0 Å². The largest absolute Gasteiger partial charge is 0.273 e. The summed E-state index contributed by atoms with van der Waals surface area (Å²) in [6.07, 6.45) is 0.331. The van der Waals surface area contributed by atoms with E-state index in [2.05, 4.69) is 5.43 Å². The number of benzene rings is 2. The fourth-order valence-electron chi connectivity index (χ4n) is 2.26. The van der Waals surface area contributed by atoms with E-state index in [9.17, 15) is 9.18 Å². The van der Waals surface area contributed by atoms with E-state index in [1.807, 2.05) is 6.07 Å². The highest BCUT2D eigenvalue weighted by Gasteiger charge is 2.31. The number of hydrogen-bond donors (Lipinski definition) is 1. The second kappa shape index (κ2) is 5.23. The summed E-state index contributed by atoms with van der Waals surface area (Å²) >= 11 is 5.93. The van der Waals surface area contributed by atoms with Crippen molar-refractivity contribution in [1.82, 2.24) is 5.43 Å². The Morgan fingerprint density at radius 3 is 2.65 bits per heavy atom. The molecule has 1 aliphatic rings. The van der Waals surface area contributed by atoms with Crippen LogP contribution in [0.4, 0.5) is 10.1 Å². The Bertz CT molecular complexity index is 645. The highest BCUT2D eigenvalue weighted by molar-refractivity contribution is 6.30. The molecule has 0 saturated carbocycles. The van der Waals surface area contributed by atoms with Gasteiger partial charge in [-0.05, 0) is 35.9 Å². The maximum atomic E-state index is 12.9. The van der Waals surface area contributed by atoms with Gasteiger partial charge in [0, 0.05) is 11.4 Å². The van der Waals surface area contributed by atoms with Crippen molar-refractivity contribution in [2.75, 3.05) is 5.01 Å². The smallest absolute Gasteiger partial charge is 0.243 e. The van der Waals surface area contributed by atoms with Crippen molar-refractivity contribution in [1.29, 1.82) is 0 Å². The first-order chi connectivity index (χ1) is 9.63. The zero-order valence-corrected chi connectivity index (χ0v) is 11.3. The van der Waals surface area contributed by atoms with Gasteiger partial charge in [-0.15, -0.1) is 0 Å². The quantitative estimate of drug-likeness (QED) is 0.918. The van der Waals surface area contributed by atoms with Crippen molar-refractivity contribution in [2.24, 2.45) is 0 Å². The number of halogens is 2. The molecule has 20 heavy (non-hydrogen) atoms. The minimum Gasteiger partial charge on any atom is -0.273 e. The normalized spacial score (nSPS) is 18.6. The predicted octanol–water partition coefficient (Wildman–Crippen LogP) is 3.46. The standard InChI is InChI=1S/C15H12ClFN2O/c16-11-2-1-3-13(8-11)19-15(20)9-14(18-19)10-4-6-12(17)7-5-10/h1-8,14,18H,9H2. The molecule has 0 aliphatic carbocycles. The molecule has 0 spiro atoms. The third-order valence-corrected chi connectivity index (χ3v) is 3.49. The number of hydrazine groups is 1. The van der Waals surface area contributed by atoms with Crippen LogP contribution in [0.15, 0.2) is 48.5 Å². The van der Waals surface area contributed by atoms with E-state index in [-0.39, 0.29) is 17.8 Å². The van der Waals surface area contributed by atoms with Gasteiger partial charge in [-0.2, -0.15) is 0 Å². The second-order valence-electron chi connectivity index (χ2n) is 4.65. The molecule has 3 nitrogen and oxygen atoms in total. The van der Waals surface area contributed by atoms with Crippen LogP contribution in [-0.2, 0) is 4.79 Å². The van der Waals surface area contributed by atoms with Crippen molar-refractivity contribution >= 4 is 23.2 Å². The minimum atomic E-state index is -0.287. The van der Waals surface area contributed by atoms with Crippen LogP contribution >= 0.6 is 11.6 Å². The van der Waals surface area contributed by atoms with Crippen LogP contribution in [0.25, 0.3) is 0 Å². The monoisotopic (exact) mass is 290 g/mol. The molecule has 0 bridgehead atoms. The van der Waals surface area contributed by atoms with E-state index in [1.54, 1.807) is 30.3 Å². The van der Waals surface area contributed by atoms with Gasteiger partial charge in [-0.25, -0.2) is 14.8 Å². The van der Waals surface area contributed by atoms with E-state index in [1.165, 1.54) is 17.1 Å². The van der Waals surface area contributed by atoms with Crippen molar-refractivity contribution in [3.63, 3.8) is 0 Å². The lowest BCUT2D eigenvalue weighted by Crippen LogP contribution is -2.35. The summed E-state index contributed by atoms with van der Waals surface area (Å²) in [7, 11) is 0. The summed E-state index contributed by atoms with van der Waals surface area (Å²) in [5, 5.41) is 2.06. The van der Waals surface area contributed by atoms with Crippen molar-refractivity contribution in [3.05, 3.63) is 64.9 Å². The number of anilines is 1. The average Bonchev–Trinajstić information content (AvgIpc) is 2.82. The van der Waals surface area contributed by atoms with Gasteiger partial charge >= 0.3 is 0 Å². The molecule has 102 valence electrons. The van der Waals surface area contributed by atoms with Gasteiger partial charge < -0.3 is 0 Å². The first-order valence-electron chi connectivity index (χ1n) is 6.23. The van der Waals surface area contributed by atoms with Crippen LogP contribution in [0.1, 0.15) is 18.0 Å². The molecule has 5 heteroatoms. The molecule has 1 heterocycles. The lowest BCUT2D eigenvalue weighted by atomic mass is 10.1. The minimum absolute atomic E-state index is 0.0402. The molecule has 1 unspecified atom stereocenters. The van der Waals surface area contributed by atoms with Crippen LogP contribution in [0, 0.1) is 5.82 Å². The molecule has 1 aliphatic heterocycles. The Morgan fingerprint density at radius 2 is 1.95 bits per heavy atom. The van der Waals surface area contributed by atoms with Crippen molar-refractivity contribution < 1.29 is 9.18 Å². The SMILES string of the molecule is O=C1CC(c2ccc(F)cc2)NN1c1cccc(Cl)c1. The van der Waals surface area contributed by atoms with Crippen LogP contribution in [0.5, 0.6) is 0 Å². The van der Waals surface area contributed by atoms with Crippen molar-refractivity contribution in [3.8, 4) is 0 Å². The third kappa shape index (κ3) is 2.53. The van der Waals surface area contributed by atoms with Gasteiger partial charge in [0.1, 0.15) is 5.82 Å². The molecule has 2 aromatic carbocycles. The van der Waals surface area contributed by atoms with Crippen LogP contribution in [-0.4, -0.2) is 5.91 Å². The summed E-state index contributed by atoms with van der Waals surface area (Å²) in [4.78, 5) is 12.1. The molecule has 1 N–H and O–H groups in total. The molecular weight excluding hydrogens is 279 g/mol. The number of amides is 1. The first kappa shape index (κ1) is 13.1. The number of nitrogens with one attached hydrogen (secondary N) is 1. The zero-order valence-electron chi connectivity index (χ0n) is 10.5. The number of hydrogen-bond acceptors (Lipinski definition) is 2. The Kier molecular flexibility index (Phi) is 3.42. The second-order valence-corrected chi connectivity index (χ2v) is 5.08. The molecule has 1 amide bonds. The summed E-state index contributed by atoms with van der Waals surface area (Å²) in [5.74, 6) is -0.327. The summed E-state index contributed by atoms with van der Waals surface area (Å²) in [6, 6.07) is 13.1. The number of rotatable bonds is 2. The van der Waals surface area contributed by atoms with E-state index >= 15 is 0 Å². The molecule has 0 aromatic heterocycles. The maximum Gasteiger partial charge on any atom is 0.243 e. The van der Waals surface area contributed by atoms with Gasteiger partial charge in [0.15, 0.2) is 0 Å². The Balaban J connectivity index is 1.83. The lowest BCUT2D eigenvalue weighted by molar-refractivity contribution is -0.117. The summed E-state index contributed by atoms with van der Waals surface area (Å²) < 4.78 is 12.9. The highest BCUT2D eigenvalue weighted by atomic mass is 35.5. The molecule has 3 rings (SSSR count). The fourth-order valence-corrected chi connectivity index (χ4v) is 2.45. The third-order valence-electron chi connectivity index (χ3n) is 3.25. The van der Waals surface area contributed by atoms with Crippen LogP contribution < -0.4 is 10.4 Å². The maximum absolute atomic E-state index is 12.9. The van der Waals surface area contributed by atoms with Crippen LogP contribution in [0.2, 0.25) is 5.02 Å². The first-order valence-corrected chi connectivity index (χ1v) is 6.61. The molecule has 1 atom stereocenters. The van der Waals surface area contributed by atoms with Gasteiger partial charge in [0.25, 0.3) is 0 Å². The Morgan fingerprint density at radius 1 is 1.20 bits per heavy atom. The average molecular weight is 291 g/mol. The number of carbonyl (C=O) groups excluding carboxylic acids is 1. The topological polar surface area (TPSA) is 32.3 Å². The molecule has 2 aromatic rings. The molecular formula is C15H12ClFN2O. The van der Waals surface area contributed by atoms with Gasteiger partial charge in [-0.1, -0.05) is 29.8 Å². The van der Waals surface area contributed by atoms with E-state index in [0.717, 1.165) is 5.56 Å². The zero-order chi connectivity index (χ0) is 14.1. The van der Waals surface area contributed by atoms with Gasteiger partial charge in [-0.3, -0.25) is 4.79 Å². The number of nitrogens with zero attached hydrogens (tertiary/aromatic N) is 1. The highest BCUT2D eigenvalue weighted by Crippen LogP contribution is 2.28. The Labute approximate surface area is 120 Å². The summed E-state index contributed by atoms with van der Waals surface area (Å²) in [5.41, 5.74) is 4.70. The van der Waals surface area contributed by atoms with E-state index in [0.29, 0.717) is 17.1 Å². The predicted molar refractivity (Wildman–Crippen MR) is 75.8 cm³/mol. The molecule has 1 fully saturated rings. The Hall–Kier alpha value is -1.91. The molecule has 0 radical (unpaired) electrons. The van der Waals surface area contributed by atoms with E-state index in [4.69, 9.17) is 11.6 Å². The fraction of sp³-hybridized carbons (Fsp3) is 0.133.